The Hall–Kier alpha value is -0.610. The highest BCUT2D eigenvalue weighted by Crippen LogP contribution is 2.45. The molecule has 0 radical (unpaired) electrons. The van der Waals surface area contributed by atoms with Gasteiger partial charge >= 0.3 is 0 Å². The molecule has 3 aliphatic heterocycles. The topological polar surface area (TPSA) is 32.8 Å². The molecule has 3 saturated heterocycles. The number of rotatable bonds is 1. The van der Waals surface area contributed by atoms with Crippen LogP contribution in [-0.4, -0.2) is 60.6 Å². The molecule has 4 nitrogen and oxygen atoms in total. The van der Waals surface area contributed by atoms with Gasteiger partial charge in [0.15, 0.2) is 0 Å². The lowest BCUT2D eigenvalue weighted by Gasteiger charge is -2.45. The maximum atomic E-state index is 12.2. The van der Waals surface area contributed by atoms with Gasteiger partial charge in [-0.3, -0.25) is 9.69 Å². The molecule has 0 aromatic carbocycles. The number of hydrogen-bond acceptors (Lipinski definition) is 3. The second kappa shape index (κ2) is 5.30. The fourth-order valence-electron chi connectivity index (χ4n) is 5.19. The minimum absolute atomic E-state index is 0.435. The molecule has 1 aliphatic carbocycles. The lowest BCUT2D eigenvalue weighted by atomic mass is 9.73. The Balaban J connectivity index is 1.51. The first-order chi connectivity index (χ1) is 9.83. The maximum Gasteiger partial charge on any atom is 0.222 e. The number of hydrogen-bond donors (Lipinski definition) is 0. The summed E-state index contributed by atoms with van der Waals surface area (Å²) in [5.41, 5.74) is 0. The Labute approximate surface area is 121 Å². The Morgan fingerprint density at radius 2 is 1.75 bits per heavy atom. The summed E-state index contributed by atoms with van der Waals surface area (Å²) in [6.45, 7) is 5.05. The SMILES string of the molecule is O=C1CCC[C@@H]2C[C@H](N3CCOCC3)C[C@@H]3CCN1[C@H]23. The number of morpholine rings is 1. The van der Waals surface area contributed by atoms with E-state index in [4.69, 9.17) is 4.74 Å². The third-order valence-electron chi connectivity index (χ3n) is 6.06. The lowest BCUT2D eigenvalue weighted by molar-refractivity contribution is -0.133. The van der Waals surface area contributed by atoms with Gasteiger partial charge in [0, 0.05) is 38.1 Å². The highest BCUT2D eigenvalue weighted by Gasteiger charge is 2.48. The van der Waals surface area contributed by atoms with Gasteiger partial charge in [0.2, 0.25) is 5.91 Å². The van der Waals surface area contributed by atoms with Gasteiger partial charge in [0.05, 0.1) is 13.2 Å². The highest BCUT2D eigenvalue weighted by molar-refractivity contribution is 5.77. The molecule has 0 aromatic heterocycles. The second-order valence-corrected chi connectivity index (χ2v) is 7.05. The molecule has 0 N–H and O–H groups in total. The first-order valence-electron chi connectivity index (χ1n) is 8.44. The zero-order chi connectivity index (χ0) is 13.5. The Morgan fingerprint density at radius 1 is 1.00 bits per heavy atom. The number of carbonyl (C=O) groups excluding carboxylic acids is 1. The summed E-state index contributed by atoms with van der Waals surface area (Å²) in [6, 6.07) is 1.33. The summed E-state index contributed by atoms with van der Waals surface area (Å²) in [6.07, 6.45) is 7.04. The molecule has 4 atom stereocenters. The smallest absolute Gasteiger partial charge is 0.222 e. The third-order valence-corrected chi connectivity index (χ3v) is 6.06. The van der Waals surface area contributed by atoms with E-state index in [1.807, 2.05) is 0 Å². The molecule has 0 aromatic rings. The summed E-state index contributed by atoms with van der Waals surface area (Å²) in [4.78, 5) is 17.1. The van der Waals surface area contributed by atoms with E-state index in [2.05, 4.69) is 9.80 Å². The average Bonchev–Trinajstić information content (AvgIpc) is 2.84. The summed E-state index contributed by atoms with van der Waals surface area (Å²) < 4.78 is 5.50. The van der Waals surface area contributed by atoms with E-state index in [0.29, 0.717) is 11.9 Å². The molecular formula is C16H26N2O2. The van der Waals surface area contributed by atoms with Crippen LogP contribution in [0.15, 0.2) is 0 Å². The van der Waals surface area contributed by atoms with Gasteiger partial charge in [0.25, 0.3) is 0 Å². The Morgan fingerprint density at radius 3 is 2.55 bits per heavy atom. The van der Waals surface area contributed by atoms with Crippen LogP contribution in [0.5, 0.6) is 0 Å². The molecule has 112 valence electrons. The molecule has 4 rings (SSSR count). The first kappa shape index (κ1) is 13.1. The predicted octanol–water partition coefficient (Wildman–Crippen LogP) is 1.50. The van der Waals surface area contributed by atoms with Crippen LogP contribution < -0.4 is 0 Å². The van der Waals surface area contributed by atoms with Crippen LogP contribution >= 0.6 is 0 Å². The van der Waals surface area contributed by atoms with Crippen LogP contribution in [0.2, 0.25) is 0 Å². The van der Waals surface area contributed by atoms with E-state index in [-0.39, 0.29) is 0 Å². The minimum atomic E-state index is 0.435. The van der Waals surface area contributed by atoms with E-state index in [9.17, 15) is 4.79 Å². The average molecular weight is 278 g/mol. The van der Waals surface area contributed by atoms with Crippen molar-refractivity contribution in [2.45, 2.75) is 50.6 Å². The van der Waals surface area contributed by atoms with Crippen molar-refractivity contribution in [1.29, 1.82) is 0 Å². The fourth-order valence-corrected chi connectivity index (χ4v) is 5.19. The lowest BCUT2D eigenvalue weighted by Crippen LogP contribution is -2.52. The second-order valence-electron chi connectivity index (χ2n) is 7.05. The zero-order valence-corrected chi connectivity index (χ0v) is 12.3. The van der Waals surface area contributed by atoms with Crippen LogP contribution in [0.1, 0.15) is 38.5 Å². The molecule has 1 saturated carbocycles. The Bertz CT molecular complexity index is 381. The van der Waals surface area contributed by atoms with E-state index < -0.39 is 0 Å². The van der Waals surface area contributed by atoms with E-state index in [1.165, 1.54) is 25.7 Å². The zero-order valence-electron chi connectivity index (χ0n) is 12.3. The van der Waals surface area contributed by atoms with Crippen molar-refractivity contribution in [3.8, 4) is 0 Å². The van der Waals surface area contributed by atoms with Crippen molar-refractivity contribution in [3.05, 3.63) is 0 Å². The number of amides is 1. The van der Waals surface area contributed by atoms with Crippen LogP contribution in [-0.2, 0) is 9.53 Å². The van der Waals surface area contributed by atoms with Gasteiger partial charge in [-0.25, -0.2) is 0 Å². The van der Waals surface area contributed by atoms with Gasteiger partial charge < -0.3 is 9.64 Å². The molecule has 0 spiro atoms. The molecular weight excluding hydrogens is 252 g/mol. The number of carbonyl (C=O) groups is 1. The monoisotopic (exact) mass is 278 g/mol. The van der Waals surface area contributed by atoms with Crippen LogP contribution in [0.4, 0.5) is 0 Å². The highest BCUT2D eigenvalue weighted by atomic mass is 16.5. The molecule has 3 heterocycles. The molecule has 4 aliphatic rings. The van der Waals surface area contributed by atoms with Crippen molar-refractivity contribution < 1.29 is 9.53 Å². The number of ether oxygens (including phenoxy) is 1. The minimum Gasteiger partial charge on any atom is -0.379 e. The van der Waals surface area contributed by atoms with Gasteiger partial charge in [-0.15, -0.1) is 0 Å². The molecule has 0 bridgehead atoms. The summed E-state index contributed by atoms with van der Waals surface area (Å²) in [5, 5.41) is 0. The van der Waals surface area contributed by atoms with Crippen molar-refractivity contribution >= 4 is 5.91 Å². The van der Waals surface area contributed by atoms with Gasteiger partial charge in [-0.1, -0.05) is 0 Å². The van der Waals surface area contributed by atoms with E-state index >= 15 is 0 Å². The molecule has 20 heavy (non-hydrogen) atoms. The van der Waals surface area contributed by atoms with E-state index in [1.54, 1.807) is 0 Å². The van der Waals surface area contributed by atoms with Crippen LogP contribution in [0.3, 0.4) is 0 Å². The summed E-state index contributed by atoms with van der Waals surface area (Å²) in [5.74, 6) is 1.96. The molecule has 0 unspecified atom stereocenters. The molecule has 1 amide bonds. The van der Waals surface area contributed by atoms with Crippen molar-refractivity contribution in [1.82, 2.24) is 9.80 Å². The summed E-state index contributed by atoms with van der Waals surface area (Å²) in [7, 11) is 0. The Kier molecular flexibility index (Phi) is 3.47. The molecule has 4 fully saturated rings. The van der Waals surface area contributed by atoms with Crippen LogP contribution in [0.25, 0.3) is 0 Å². The maximum absolute atomic E-state index is 12.2. The normalized spacial score (nSPS) is 42.4. The van der Waals surface area contributed by atoms with Crippen molar-refractivity contribution in [3.63, 3.8) is 0 Å². The van der Waals surface area contributed by atoms with Gasteiger partial charge in [-0.05, 0) is 43.9 Å². The van der Waals surface area contributed by atoms with Gasteiger partial charge in [0.1, 0.15) is 0 Å². The van der Waals surface area contributed by atoms with Crippen LogP contribution in [0, 0.1) is 11.8 Å². The number of nitrogens with zero attached hydrogens (tertiary/aromatic N) is 2. The van der Waals surface area contributed by atoms with Gasteiger partial charge in [-0.2, -0.15) is 0 Å². The third kappa shape index (κ3) is 2.17. The fraction of sp³-hybridized carbons (Fsp3) is 0.938. The quantitative estimate of drug-likeness (QED) is 0.729. The van der Waals surface area contributed by atoms with Crippen molar-refractivity contribution in [2.75, 3.05) is 32.8 Å². The largest absolute Gasteiger partial charge is 0.379 e. The first-order valence-corrected chi connectivity index (χ1v) is 8.44. The standard InChI is InChI=1S/C16H26N2O2/c19-15-3-1-2-12-10-14(17-6-8-20-9-7-17)11-13-4-5-18(15)16(12)13/h12-14,16H,1-11H2/t12-,13+,14+,16-/m1/s1. The summed E-state index contributed by atoms with van der Waals surface area (Å²) >= 11 is 0. The van der Waals surface area contributed by atoms with Crippen molar-refractivity contribution in [2.24, 2.45) is 11.8 Å². The molecule has 4 heteroatoms. The van der Waals surface area contributed by atoms with E-state index in [0.717, 1.165) is 63.6 Å². The predicted molar refractivity (Wildman–Crippen MR) is 76.4 cm³/mol.